The molecule has 1 heterocycles. The topological polar surface area (TPSA) is 40.5 Å². The van der Waals surface area contributed by atoms with Gasteiger partial charge in [-0.2, -0.15) is 13.2 Å². The number of alkyl halides is 4. The molecule has 184 valence electrons. The Bertz CT molecular complexity index is 1090. The maximum atomic E-state index is 14.7. The number of hydrogen-bond acceptors (Lipinski definition) is 2. The lowest BCUT2D eigenvalue weighted by Crippen LogP contribution is -2.45. The van der Waals surface area contributed by atoms with E-state index in [4.69, 9.17) is 11.6 Å². The van der Waals surface area contributed by atoms with Gasteiger partial charge in [-0.1, -0.05) is 41.9 Å². The Balaban J connectivity index is 1.76. The number of hydrogen-bond donors (Lipinski definition) is 1. The predicted molar refractivity (Wildman–Crippen MR) is 123 cm³/mol. The molecule has 1 fully saturated rings. The summed E-state index contributed by atoms with van der Waals surface area (Å²) in [4.78, 5) is 14.8. The number of carbonyl (C=O) groups is 1. The van der Waals surface area contributed by atoms with E-state index in [2.05, 4.69) is 0 Å². The van der Waals surface area contributed by atoms with Crippen molar-refractivity contribution in [3.05, 3.63) is 69.7 Å². The number of fused-ring (bicyclic) bond motifs is 3. The molecule has 1 saturated heterocycles. The van der Waals surface area contributed by atoms with Crippen molar-refractivity contribution in [3.8, 4) is 0 Å². The lowest BCUT2D eigenvalue weighted by atomic mass is 9.73. The van der Waals surface area contributed by atoms with Crippen LogP contribution >= 0.6 is 11.6 Å². The number of amides is 1. The Morgan fingerprint density at radius 2 is 1.76 bits per heavy atom. The fraction of sp³-hybridized carbons (Fsp3) is 0.500. The van der Waals surface area contributed by atoms with E-state index in [1.165, 1.54) is 12.1 Å². The summed E-state index contributed by atoms with van der Waals surface area (Å²) in [6.07, 6.45) is -3.57. The summed E-state index contributed by atoms with van der Waals surface area (Å²) >= 11 is 6.04. The van der Waals surface area contributed by atoms with Crippen LogP contribution in [-0.4, -0.2) is 40.3 Å². The highest BCUT2D eigenvalue weighted by Crippen LogP contribution is 2.52. The number of aliphatic hydroxyl groups is 1. The van der Waals surface area contributed by atoms with Crippen LogP contribution in [0.1, 0.15) is 55.9 Å². The van der Waals surface area contributed by atoms with Crippen LogP contribution in [0, 0.1) is 0 Å². The highest BCUT2D eigenvalue weighted by atomic mass is 35.5. The second-order valence-electron chi connectivity index (χ2n) is 10.4. The Morgan fingerprint density at radius 1 is 1.12 bits per heavy atom. The first kappa shape index (κ1) is 25.0. The zero-order valence-electron chi connectivity index (χ0n) is 19.3. The van der Waals surface area contributed by atoms with E-state index in [1.54, 1.807) is 36.9 Å². The van der Waals surface area contributed by atoms with E-state index in [0.29, 0.717) is 43.3 Å². The Kier molecular flexibility index (Phi) is 6.05. The van der Waals surface area contributed by atoms with Crippen LogP contribution in [0.2, 0.25) is 5.02 Å². The molecule has 3 atom stereocenters. The third-order valence-electron chi connectivity index (χ3n) is 7.28. The molecule has 1 aliphatic heterocycles. The molecule has 2 aromatic rings. The van der Waals surface area contributed by atoms with Crippen LogP contribution < -0.4 is 0 Å². The van der Waals surface area contributed by atoms with Crippen molar-refractivity contribution >= 4 is 17.5 Å². The number of halogens is 5. The SMILES string of the molecule is CC(C)(O)CC(=O)N1CCC2(Cc3ccc(Cl)cc3)c3ccc(C(C)(F)C(F)(F)F)cc3CC12. The van der Waals surface area contributed by atoms with Crippen molar-refractivity contribution in [2.45, 2.75) is 75.4 Å². The molecule has 0 aromatic heterocycles. The molecule has 34 heavy (non-hydrogen) atoms. The molecule has 4 rings (SSSR count). The molecule has 1 N–H and O–H groups in total. The van der Waals surface area contributed by atoms with Gasteiger partial charge in [-0.05, 0) is 74.4 Å². The van der Waals surface area contributed by atoms with Crippen molar-refractivity contribution in [1.82, 2.24) is 4.90 Å². The zero-order valence-corrected chi connectivity index (χ0v) is 20.1. The second-order valence-corrected chi connectivity index (χ2v) is 10.8. The minimum atomic E-state index is -5.04. The second kappa shape index (κ2) is 8.23. The molecular weight excluding hydrogens is 470 g/mol. The molecule has 0 bridgehead atoms. The molecule has 0 radical (unpaired) electrons. The van der Waals surface area contributed by atoms with Gasteiger partial charge in [0, 0.05) is 23.0 Å². The Hall–Kier alpha value is -2.12. The standard InChI is InChI=1S/C26H28ClF4NO2/c1-23(2,34)15-22(33)32-11-10-25(14-16-4-7-19(27)8-5-16)20-9-6-18(12-17(20)13-21(25)32)24(3,28)26(29,30)31/h4-9,12,21,34H,10-11,13-15H2,1-3H3. The van der Waals surface area contributed by atoms with Gasteiger partial charge < -0.3 is 10.0 Å². The van der Waals surface area contributed by atoms with Crippen LogP contribution in [0.25, 0.3) is 0 Å². The smallest absolute Gasteiger partial charge is 0.390 e. The average Bonchev–Trinajstić information content (AvgIpc) is 3.20. The summed E-state index contributed by atoms with van der Waals surface area (Å²) in [5, 5.41) is 10.8. The van der Waals surface area contributed by atoms with Gasteiger partial charge in [0.2, 0.25) is 11.6 Å². The largest absolute Gasteiger partial charge is 0.426 e. The molecule has 1 amide bonds. The lowest BCUT2D eigenvalue weighted by Gasteiger charge is -2.34. The number of rotatable bonds is 5. The third-order valence-corrected chi connectivity index (χ3v) is 7.53. The van der Waals surface area contributed by atoms with Crippen LogP contribution in [0.15, 0.2) is 42.5 Å². The van der Waals surface area contributed by atoms with E-state index < -0.39 is 28.4 Å². The van der Waals surface area contributed by atoms with Gasteiger partial charge in [0.25, 0.3) is 0 Å². The van der Waals surface area contributed by atoms with E-state index in [1.807, 2.05) is 12.1 Å². The van der Waals surface area contributed by atoms with Gasteiger partial charge in [-0.15, -0.1) is 0 Å². The fourth-order valence-electron chi connectivity index (χ4n) is 5.51. The summed E-state index contributed by atoms with van der Waals surface area (Å²) in [5.74, 6) is -0.200. The number of nitrogens with zero attached hydrogens (tertiary/aromatic N) is 1. The average molecular weight is 498 g/mol. The molecule has 2 aromatic carbocycles. The summed E-state index contributed by atoms with van der Waals surface area (Å²) in [6, 6.07) is 11.2. The molecule has 3 unspecified atom stereocenters. The quantitative estimate of drug-likeness (QED) is 0.524. The Morgan fingerprint density at radius 3 is 2.35 bits per heavy atom. The van der Waals surface area contributed by atoms with Crippen LogP contribution in [0.3, 0.4) is 0 Å². The van der Waals surface area contributed by atoms with Crippen molar-refractivity contribution in [2.24, 2.45) is 0 Å². The summed E-state index contributed by atoms with van der Waals surface area (Å²) in [7, 11) is 0. The summed E-state index contributed by atoms with van der Waals surface area (Å²) in [6.45, 7) is 4.15. The van der Waals surface area contributed by atoms with Gasteiger partial charge in [-0.25, -0.2) is 4.39 Å². The molecule has 2 aliphatic rings. The minimum absolute atomic E-state index is 0.0568. The normalized spacial score (nSPS) is 24.0. The molecule has 8 heteroatoms. The van der Waals surface area contributed by atoms with Gasteiger partial charge in [0.15, 0.2) is 0 Å². The fourth-order valence-corrected chi connectivity index (χ4v) is 5.64. The summed E-state index contributed by atoms with van der Waals surface area (Å²) < 4.78 is 54.8. The maximum Gasteiger partial charge on any atom is 0.426 e. The van der Waals surface area contributed by atoms with Gasteiger partial charge in [0.05, 0.1) is 12.0 Å². The lowest BCUT2D eigenvalue weighted by molar-refractivity contribution is -0.228. The summed E-state index contributed by atoms with van der Waals surface area (Å²) in [5.41, 5.74) is -3.12. The first-order valence-corrected chi connectivity index (χ1v) is 11.7. The van der Waals surface area contributed by atoms with E-state index in [0.717, 1.165) is 11.1 Å². The first-order valence-electron chi connectivity index (χ1n) is 11.3. The van der Waals surface area contributed by atoms with Crippen molar-refractivity contribution in [1.29, 1.82) is 0 Å². The number of likely N-dealkylation sites (tertiary alicyclic amines) is 1. The number of benzene rings is 2. The molecule has 1 aliphatic carbocycles. The highest BCUT2D eigenvalue weighted by molar-refractivity contribution is 6.30. The van der Waals surface area contributed by atoms with Crippen molar-refractivity contribution < 1.29 is 27.5 Å². The van der Waals surface area contributed by atoms with Gasteiger partial charge in [0.1, 0.15) is 0 Å². The highest BCUT2D eigenvalue weighted by Gasteiger charge is 2.57. The van der Waals surface area contributed by atoms with Crippen LogP contribution in [-0.2, 0) is 28.7 Å². The van der Waals surface area contributed by atoms with Gasteiger partial charge in [-0.3, -0.25) is 4.79 Å². The van der Waals surface area contributed by atoms with E-state index in [-0.39, 0.29) is 18.4 Å². The zero-order chi connectivity index (χ0) is 25.1. The first-order chi connectivity index (χ1) is 15.6. The Labute approximate surface area is 201 Å². The molecule has 3 nitrogen and oxygen atoms in total. The number of carbonyl (C=O) groups excluding carboxylic acids is 1. The van der Waals surface area contributed by atoms with Crippen molar-refractivity contribution in [2.75, 3.05) is 6.54 Å². The monoisotopic (exact) mass is 497 g/mol. The predicted octanol–water partition coefficient (Wildman–Crippen LogP) is 5.89. The minimum Gasteiger partial charge on any atom is -0.390 e. The van der Waals surface area contributed by atoms with Crippen LogP contribution in [0.4, 0.5) is 17.6 Å². The van der Waals surface area contributed by atoms with Crippen LogP contribution in [0.5, 0.6) is 0 Å². The molecular formula is C26H28ClF4NO2. The van der Waals surface area contributed by atoms with E-state index in [9.17, 15) is 27.5 Å². The molecule has 0 saturated carbocycles. The maximum absolute atomic E-state index is 14.7. The van der Waals surface area contributed by atoms with E-state index >= 15 is 0 Å². The van der Waals surface area contributed by atoms with Crippen molar-refractivity contribution in [3.63, 3.8) is 0 Å². The molecule has 0 spiro atoms. The van der Waals surface area contributed by atoms with Gasteiger partial charge >= 0.3 is 6.18 Å². The third kappa shape index (κ3) is 4.33.